The van der Waals surface area contributed by atoms with Crippen molar-refractivity contribution >= 4 is 0 Å². The van der Waals surface area contributed by atoms with E-state index in [-0.39, 0.29) is 0 Å². The summed E-state index contributed by atoms with van der Waals surface area (Å²) in [5.41, 5.74) is 2.14. The van der Waals surface area contributed by atoms with E-state index in [1.807, 2.05) is 7.05 Å². The molecular formula is C11H20N4O. The number of hydrogen-bond acceptors (Lipinski definition) is 4. The van der Waals surface area contributed by atoms with E-state index in [2.05, 4.69) is 20.3 Å². The van der Waals surface area contributed by atoms with Crippen molar-refractivity contribution in [2.45, 2.75) is 44.9 Å². The summed E-state index contributed by atoms with van der Waals surface area (Å²) < 4.78 is 7.32. The van der Waals surface area contributed by atoms with Gasteiger partial charge in [0.15, 0.2) is 0 Å². The molecule has 2 rings (SSSR count). The van der Waals surface area contributed by atoms with Crippen LogP contribution < -0.4 is 5.32 Å². The minimum Gasteiger partial charge on any atom is -0.378 e. The van der Waals surface area contributed by atoms with Crippen molar-refractivity contribution in [3.05, 3.63) is 11.4 Å². The van der Waals surface area contributed by atoms with E-state index < -0.39 is 0 Å². The Labute approximate surface area is 96.2 Å². The van der Waals surface area contributed by atoms with Gasteiger partial charge in [0.2, 0.25) is 0 Å². The van der Waals surface area contributed by atoms with Crippen LogP contribution in [-0.2, 0) is 17.9 Å². The summed E-state index contributed by atoms with van der Waals surface area (Å²) in [6.45, 7) is 1.35. The van der Waals surface area contributed by atoms with Gasteiger partial charge in [-0.05, 0) is 19.9 Å². The lowest BCUT2D eigenvalue weighted by Crippen LogP contribution is -2.14. The molecule has 5 heteroatoms. The molecule has 1 aromatic heterocycles. The van der Waals surface area contributed by atoms with Gasteiger partial charge in [-0.3, -0.25) is 0 Å². The number of ether oxygens (including phenoxy) is 1. The molecule has 0 spiro atoms. The normalized spacial score (nSPS) is 17.1. The topological polar surface area (TPSA) is 52.0 Å². The smallest absolute Gasteiger partial charge is 0.102 e. The molecule has 0 unspecified atom stereocenters. The first-order valence-electron chi connectivity index (χ1n) is 5.93. The summed E-state index contributed by atoms with van der Waals surface area (Å²) in [7, 11) is 3.64. The summed E-state index contributed by atoms with van der Waals surface area (Å²) in [5, 5.41) is 11.6. The number of aromatic nitrogens is 3. The van der Waals surface area contributed by atoms with Crippen LogP contribution in [0.4, 0.5) is 0 Å². The molecule has 1 aliphatic rings. The van der Waals surface area contributed by atoms with Crippen molar-refractivity contribution in [3.8, 4) is 0 Å². The molecule has 1 saturated carbocycles. The van der Waals surface area contributed by atoms with Gasteiger partial charge in [0.25, 0.3) is 0 Å². The van der Waals surface area contributed by atoms with Crippen LogP contribution in [0.5, 0.6) is 0 Å². The monoisotopic (exact) mass is 224 g/mol. The van der Waals surface area contributed by atoms with Crippen molar-refractivity contribution in [1.29, 1.82) is 0 Å². The molecule has 5 nitrogen and oxygen atoms in total. The summed E-state index contributed by atoms with van der Waals surface area (Å²) in [4.78, 5) is 0. The van der Waals surface area contributed by atoms with Crippen LogP contribution in [0.2, 0.25) is 0 Å². The van der Waals surface area contributed by atoms with E-state index in [0.717, 1.165) is 17.9 Å². The first-order valence-corrected chi connectivity index (χ1v) is 5.93. The van der Waals surface area contributed by atoms with Crippen molar-refractivity contribution in [1.82, 2.24) is 20.3 Å². The van der Waals surface area contributed by atoms with Crippen LogP contribution in [0, 0.1) is 0 Å². The van der Waals surface area contributed by atoms with Gasteiger partial charge in [0, 0.05) is 13.7 Å². The van der Waals surface area contributed by atoms with Crippen LogP contribution in [0.1, 0.15) is 43.1 Å². The first-order chi connectivity index (χ1) is 7.86. The van der Waals surface area contributed by atoms with Crippen LogP contribution in [-0.4, -0.2) is 29.2 Å². The van der Waals surface area contributed by atoms with Gasteiger partial charge < -0.3 is 10.1 Å². The zero-order valence-corrected chi connectivity index (χ0v) is 10.1. The van der Waals surface area contributed by atoms with Crippen LogP contribution in [0.3, 0.4) is 0 Å². The number of hydrogen-bond donors (Lipinski definition) is 1. The number of methoxy groups -OCH3 is 1. The summed E-state index contributed by atoms with van der Waals surface area (Å²) in [5.74, 6) is 0. The molecular weight excluding hydrogens is 204 g/mol. The average Bonchev–Trinajstić information content (AvgIpc) is 2.89. The second kappa shape index (κ2) is 5.41. The molecule has 0 aliphatic heterocycles. The van der Waals surface area contributed by atoms with Crippen LogP contribution in [0.15, 0.2) is 0 Å². The third kappa shape index (κ3) is 2.25. The maximum atomic E-state index is 5.24. The van der Waals surface area contributed by atoms with Crippen LogP contribution >= 0.6 is 0 Å². The third-order valence-electron chi connectivity index (χ3n) is 3.17. The Morgan fingerprint density at radius 3 is 2.81 bits per heavy atom. The minimum atomic E-state index is 0.531. The fourth-order valence-electron chi connectivity index (χ4n) is 2.38. The van der Waals surface area contributed by atoms with Gasteiger partial charge in [0.05, 0.1) is 18.3 Å². The molecule has 1 aromatic rings. The van der Waals surface area contributed by atoms with E-state index in [0.29, 0.717) is 12.6 Å². The highest BCUT2D eigenvalue weighted by molar-refractivity contribution is 5.10. The fraction of sp³-hybridized carbons (Fsp3) is 0.818. The molecule has 0 atom stereocenters. The largest absolute Gasteiger partial charge is 0.378 e. The van der Waals surface area contributed by atoms with Crippen molar-refractivity contribution in [2.75, 3.05) is 14.2 Å². The van der Waals surface area contributed by atoms with Crippen molar-refractivity contribution in [2.24, 2.45) is 0 Å². The lowest BCUT2D eigenvalue weighted by Gasteiger charge is -2.13. The molecule has 1 N–H and O–H groups in total. The molecule has 0 amide bonds. The van der Waals surface area contributed by atoms with Gasteiger partial charge in [0.1, 0.15) is 5.69 Å². The van der Waals surface area contributed by atoms with E-state index in [1.165, 1.54) is 25.7 Å². The highest BCUT2D eigenvalue weighted by atomic mass is 16.5. The average molecular weight is 224 g/mol. The lowest BCUT2D eigenvalue weighted by atomic mass is 10.2. The van der Waals surface area contributed by atoms with Gasteiger partial charge in [-0.15, -0.1) is 5.10 Å². The Morgan fingerprint density at radius 2 is 2.19 bits per heavy atom. The second-order valence-corrected chi connectivity index (χ2v) is 4.33. The van der Waals surface area contributed by atoms with Gasteiger partial charge in [-0.1, -0.05) is 18.1 Å². The SMILES string of the molecule is CNCc1nnn(C2CCCC2)c1COC. The van der Waals surface area contributed by atoms with Gasteiger partial charge >= 0.3 is 0 Å². The summed E-state index contributed by atoms with van der Waals surface area (Å²) in [6, 6.07) is 0.531. The van der Waals surface area contributed by atoms with Crippen molar-refractivity contribution in [3.63, 3.8) is 0 Å². The Kier molecular flexibility index (Phi) is 3.90. The summed E-state index contributed by atoms with van der Waals surface area (Å²) >= 11 is 0. The maximum absolute atomic E-state index is 5.24. The minimum absolute atomic E-state index is 0.531. The molecule has 1 aliphatic carbocycles. The molecule has 1 heterocycles. The van der Waals surface area contributed by atoms with E-state index in [9.17, 15) is 0 Å². The lowest BCUT2D eigenvalue weighted by molar-refractivity contribution is 0.173. The standard InChI is InChI=1S/C11H20N4O/c1-12-7-10-11(8-16-2)15(14-13-10)9-5-3-4-6-9/h9,12H,3-8H2,1-2H3. The Hall–Kier alpha value is -0.940. The molecule has 0 aromatic carbocycles. The Balaban J connectivity index is 2.21. The molecule has 90 valence electrons. The Morgan fingerprint density at radius 1 is 1.44 bits per heavy atom. The van der Waals surface area contributed by atoms with Gasteiger partial charge in [-0.25, -0.2) is 4.68 Å². The predicted molar refractivity (Wildman–Crippen MR) is 61.0 cm³/mol. The molecule has 1 fully saturated rings. The van der Waals surface area contributed by atoms with Gasteiger partial charge in [-0.2, -0.15) is 0 Å². The number of nitrogens with zero attached hydrogens (tertiary/aromatic N) is 3. The number of nitrogens with one attached hydrogen (secondary N) is 1. The number of rotatable bonds is 5. The molecule has 0 saturated heterocycles. The predicted octanol–water partition coefficient (Wildman–Crippen LogP) is 1.26. The fourth-order valence-corrected chi connectivity index (χ4v) is 2.38. The van der Waals surface area contributed by atoms with Crippen LogP contribution in [0.25, 0.3) is 0 Å². The van der Waals surface area contributed by atoms with E-state index in [4.69, 9.17) is 4.74 Å². The molecule has 0 bridgehead atoms. The van der Waals surface area contributed by atoms with E-state index >= 15 is 0 Å². The Bertz CT molecular complexity index is 331. The highest BCUT2D eigenvalue weighted by Crippen LogP contribution is 2.30. The first kappa shape index (κ1) is 11.5. The van der Waals surface area contributed by atoms with Crippen molar-refractivity contribution < 1.29 is 4.74 Å². The quantitative estimate of drug-likeness (QED) is 0.818. The molecule has 0 radical (unpaired) electrons. The zero-order valence-electron chi connectivity index (χ0n) is 10.1. The third-order valence-corrected chi connectivity index (χ3v) is 3.17. The zero-order chi connectivity index (χ0) is 11.4. The highest BCUT2D eigenvalue weighted by Gasteiger charge is 2.22. The summed E-state index contributed by atoms with van der Waals surface area (Å²) in [6.07, 6.45) is 5.05. The maximum Gasteiger partial charge on any atom is 0.102 e. The second-order valence-electron chi connectivity index (χ2n) is 4.33. The molecule has 16 heavy (non-hydrogen) atoms. The van der Waals surface area contributed by atoms with E-state index in [1.54, 1.807) is 7.11 Å².